The zero-order valence-electron chi connectivity index (χ0n) is 17.5. The molecule has 4 N–H and O–H groups in total. The first kappa shape index (κ1) is 21.2. The third kappa shape index (κ3) is 5.38. The summed E-state index contributed by atoms with van der Waals surface area (Å²) in [5.74, 6) is -0.372. The maximum atomic E-state index is 11.5. The predicted molar refractivity (Wildman–Crippen MR) is 120 cm³/mol. The van der Waals surface area contributed by atoms with Crippen molar-refractivity contribution in [3.63, 3.8) is 0 Å². The zero-order chi connectivity index (χ0) is 21.6. The third-order valence-corrected chi connectivity index (χ3v) is 5.76. The average molecular weight is 421 g/mol. The fraction of sp³-hybridized carbons (Fsp3) is 0.333. The van der Waals surface area contributed by atoms with Crippen LogP contribution in [0.1, 0.15) is 22.9 Å². The number of morpholine rings is 1. The van der Waals surface area contributed by atoms with Gasteiger partial charge < -0.3 is 20.6 Å². The van der Waals surface area contributed by atoms with Crippen molar-refractivity contribution in [1.29, 1.82) is 0 Å². The van der Waals surface area contributed by atoms with Crippen LogP contribution >= 0.6 is 0 Å². The number of hydrogen-bond acceptors (Lipinski definition) is 6. The molecular formula is C24H28N4O3. The zero-order valence-corrected chi connectivity index (χ0v) is 17.5. The highest BCUT2D eigenvalue weighted by Gasteiger charge is 2.14. The van der Waals surface area contributed by atoms with Crippen molar-refractivity contribution in [3.8, 4) is 16.9 Å². The van der Waals surface area contributed by atoms with Gasteiger partial charge in [0, 0.05) is 32.1 Å². The highest BCUT2D eigenvalue weighted by Crippen LogP contribution is 2.24. The van der Waals surface area contributed by atoms with Crippen molar-refractivity contribution >= 4 is 0 Å². The van der Waals surface area contributed by atoms with Crippen molar-refractivity contribution in [3.05, 3.63) is 82.0 Å². The lowest BCUT2D eigenvalue weighted by Gasteiger charge is -2.26. The molecule has 3 aromatic rings. The molecule has 1 aliphatic heterocycles. The standard InChI is InChI=1S/C24H28N4O3/c25-21(15-22-23(29)24(30)27-16-26-22)20-7-5-19(6-8-20)18-3-1-17(2-4-18)9-10-28-11-13-31-14-12-28/h1-8,16,21,29H,9-15,25H2,(H,26,27,30). The van der Waals surface area contributed by atoms with Gasteiger partial charge in [-0.15, -0.1) is 0 Å². The molecule has 1 unspecified atom stereocenters. The summed E-state index contributed by atoms with van der Waals surface area (Å²) < 4.78 is 5.40. The van der Waals surface area contributed by atoms with E-state index in [0.29, 0.717) is 5.69 Å². The Morgan fingerprint density at radius 2 is 1.71 bits per heavy atom. The van der Waals surface area contributed by atoms with Crippen molar-refractivity contribution in [1.82, 2.24) is 14.9 Å². The van der Waals surface area contributed by atoms with Crippen molar-refractivity contribution in [2.45, 2.75) is 18.9 Å². The number of aromatic nitrogens is 2. The molecular weight excluding hydrogens is 392 g/mol. The fourth-order valence-electron chi connectivity index (χ4n) is 3.80. The summed E-state index contributed by atoms with van der Waals surface area (Å²) in [5, 5.41) is 9.85. The van der Waals surface area contributed by atoms with E-state index in [1.807, 2.05) is 24.3 Å². The molecule has 1 aromatic heterocycles. The first-order valence-electron chi connectivity index (χ1n) is 10.6. The first-order chi connectivity index (χ1) is 15.1. The molecule has 1 atom stereocenters. The van der Waals surface area contributed by atoms with E-state index >= 15 is 0 Å². The van der Waals surface area contributed by atoms with Crippen molar-refractivity contribution in [2.24, 2.45) is 5.73 Å². The van der Waals surface area contributed by atoms with Gasteiger partial charge in [0.1, 0.15) is 0 Å². The van der Waals surface area contributed by atoms with E-state index in [1.54, 1.807) is 0 Å². The highest BCUT2D eigenvalue weighted by atomic mass is 16.5. The van der Waals surface area contributed by atoms with E-state index in [2.05, 4.69) is 39.1 Å². The molecule has 0 amide bonds. The highest BCUT2D eigenvalue weighted by molar-refractivity contribution is 5.64. The number of rotatable bonds is 7. The molecule has 2 heterocycles. The Labute approximate surface area is 181 Å². The van der Waals surface area contributed by atoms with Crippen LogP contribution in [0.5, 0.6) is 5.75 Å². The van der Waals surface area contributed by atoms with Gasteiger partial charge in [-0.2, -0.15) is 0 Å². The number of H-pyrrole nitrogens is 1. The van der Waals surface area contributed by atoms with Gasteiger partial charge in [0.15, 0.2) is 0 Å². The summed E-state index contributed by atoms with van der Waals surface area (Å²) in [7, 11) is 0. The monoisotopic (exact) mass is 420 g/mol. The number of aromatic hydroxyl groups is 1. The maximum absolute atomic E-state index is 11.5. The Hall–Kier alpha value is -3.00. The van der Waals surface area contributed by atoms with E-state index in [1.165, 1.54) is 11.9 Å². The molecule has 31 heavy (non-hydrogen) atoms. The lowest BCUT2D eigenvalue weighted by Crippen LogP contribution is -2.37. The van der Waals surface area contributed by atoms with Crippen LogP contribution in [-0.2, 0) is 17.6 Å². The molecule has 7 nitrogen and oxygen atoms in total. The smallest absolute Gasteiger partial charge is 0.293 e. The minimum absolute atomic E-state index is 0.285. The summed E-state index contributed by atoms with van der Waals surface area (Å²) in [6, 6.07) is 16.4. The predicted octanol–water partition coefficient (Wildman–Crippen LogP) is 2.26. The van der Waals surface area contributed by atoms with E-state index in [4.69, 9.17) is 10.5 Å². The van der Waals surface area contributed by atoms with Gasteiger partial charge in [-0.05, 0) is 28.7 Å². The summed E-state index contributed by atoms with van der Waals surface area (Å²) in [6.07, 6.45) is 2.60. The Kier molecular flexibility index (Phi) is 6.76. The second-order valence-corrected chi connectivity index (χ2v) is 7.86. The molecule has 0 radical (unpaired) electrons. The number of nitrogens with two attached hydrogens (primary N) is 1. The second-order valence-electron chi connectivity index (χ2n) is 7.86. The van der Waals surface area contributed by atoms with Crippen LogP contribution in [0.4, 0.5) is 0 Å². The number of nitrogens with zero attached hydrogens (tertiary/aromatic N) is 2. The molecule has 1 aliphatic rings. The Morgan fingerprint density at radius 3 is 2.39 bits per heavy atom. The molecule has 4 rings (SSSR count). The van der Waals surface area contributed by atoms with Crippen LogP contribution in [0.15, 0.2) is 59.7 Å². The minimum atomic E-state index is -0.555. The fourth-order valence-corrected chi connectivity index (χ4v) is 3.80. The number of aromatic amines is 1. The topological polar surface area (TPSA) is 104 Å². The van der Waals surface area contributed by atoms with Gasteiger partial charge in [0.25, 0.3) is 5.56 Å². The van der Waals surface area contributed by atoms with E-state index in [0.717, 1.165) is 56.0 Å². The van der Waals surface area contributed by atoms with Gasteiger partial charge in [-0.25, -0.2) is 4.98 Å². The van der Waals surface area contributed by atoms with Crippen LogP contribution in [0.3, 0.4) is 0 Å². The largest absolute Gasteiger partial charge is 0.502 e. The number of benzene rings is 2. The normalized spacial score (nSPS) is 15.6. The molecule has 2 aromatic carbocycles. The number of hydrogen-bond donors (Lipinski definition) is 3. The Morgan fingerprint density at radius 1 is 1.06 bits per heavy atom. The van der Waals surface area contributed by atoms with Gasteiger partial charge >= 0.3 is 0 Å². The van der Waals surface area contributed by atoms with Crippen LogP contribution in [0.25, 0.3) is 11.1 Å². The molecule has 0 spiro atoms. The molecule has 0 saturated carbocycles. The van der Waals surface area contributed by atoms with E-state index in [-0.39, 0.29) is 18.2 Å². The number of nitrogens with one attached hydrogen (secondary N) is 1. The lowest BCUT2D eigenvalue weighted by atomic mass is 9.97. The van der Waals surface area contributed by atoms with Gasteiger partial charge in [-0.3, -0.25) is 9.69 Å². The van der Waals surface area contributed by atoms with Gasteiger partial charge in [0.05, 0.1) is 25.2 Å². The molecule has 1 fully saturated rings. The summed E-state index contributed by atoms with van der Waals surface area (Å²) in [4.78, 5) is 20.3. The quantitative estimate of drug-likeness (QED) is 0.542. The summed E-state index contributed by atoms with van der Waals surface area (Å²) >= 11 is 0. The minimum Gasteiger partial charge on any atom is -0.502 e. The maximum Gasteiger partial charge on any atom is 0.293 e. The molecule has 0 aliphatic carbocycles. The molecule has 0 bridgehead atoms. The van der Waals surface area contributed by atoms with Crippen LogP contribution in [0.2, 0.25) is 0 Å². The summed E-state index contributed by atoms with van der Waals surface area (Å²) in [6.45, 7) is 4.76. The Bertz CT molecular complexity index is 1040. The van der Waals surface area contributed by atoms with Crippen LogP contribution in [-0.4, -0.2) is 52.8 Å². The molecule has 7 heteroatoms. The SMILES string of the molecule is NC(Cc1nc[nH]c(=O)c1O)c1ccc(-c2ccc(CCN3CCOCC3)cc2)cc1. The second kappa shape index (κ2) is 9.87. The number of ether oxygens (including phenoxy) is 1. The van der Waals surface area contributed by atoms with Crippen molar-refractivity contribution in [2.75, 3.05) is 32.8 Å². The molecule has 1 saturated heterocycles. The van der Waals surface area contributed by atoms with E-state index < -0.39 is 5.56 Å². The van der Waals surface area contributed by atoms with Crippen LogP contribution < -0.4 is 11.3 Å². The third-order valence-electron chi connectivity index (χ3n) is 5.76. The Balaban J connectivity index is 1.37. The first-order valence-corrected chi connectivity index (χ1v) is 10.6. The summed E-state index contributed by atoms with van der Waals surface area (Å²) in [5.41, 5.74) is 10.5. The molecule has 162 valence electrons. The van der Waals surface area contributed by atoms with Crippen LogP contribution in [0, 0.1) is 0 Å². The van der Waals surface area contributed by atoms with Gasteiger partial charge in [0.2, 0.25) is 5.75 Å². The van der Waals surface area contributed by atoms with E-state index in [9.17, 15) is 9.90 Å². The van der Waals surface area contributed by atoms with Gasteiger partial charge in [-0.1, -0.05) is 48.5 Å². The van der Waals surface area contributed by atoms with Crippen molar-refractivity contribution < 1.29 is 9.84 Å². The lowest BCUT2D eigenvalue weighted by molar-refractivity contribution is 0.0384. The average Bonchev–Trinajstić information content (AvgIpc) is 2.82.